The number of amides is 2. The first kappa shape index (κ1) is 23.7. The number of aromatic nitrogens is 3. The molecule has 0 fully saturated rings. The molecule has 2 amide bonds. The van der Waals surface area contributed by atoms with Gasteiger partial charge in [-0.25, -0.2) is 9.37 Å². The monoisotopic (exact) mass is 508 g/mol. The number of anilines is 1. The molecule has 15 heteroatoms. The summed E-state index contributed by atoms with van der Waals surface area (Å²) in [7, 11) is 1.34. The fourth-order valence-electron chi connectivity index (χ4n) is 3.34. The van der Waals surface area contributed by atoms with Crippen LogP contribution in [0.5, 0.6) is 0 Å². The van der Waals surface area contributed by atoms with Gasteiger partial charge in [0.25, 0.3) is 11.8 Å². The summed E-state index contributed by atoms with van der Waals surface area (Å²) in [4.78, 5) is 38.4. The van der Waals surface area contributed by atoms with Crippen LogP contribution in [0.15, 0.2) is 36.5 Å². The number of carbonyl (C=O) groups is 2. The molecule has 3 aromatic heterocycles. The van der Waals surface area contributed by atoms with Gasteiger partial charge in [-0.3, -0.25) is 24.4 Å². The van der Waals surface area contributed by atoms with Crippen LogP contribution >= 0.6 is 11.3 Å². The third kappa shape index (κ3) is 4.40. The molecule has 4 aromatic rings. The Morgan fingerprint density at radius 1 is 1.23 bits per heavy atom. The second kappa shape index (κ2) is 8.43. The quantitative estimate of drug-likeness (QED) is 0.236. The van der Waals surface area contributed by atoms with Crippen molar-refractivity contribution >= 4 is 44.7 Å². The minimum atomic E-state index is -4.86. The van der Waals surface area contributed by atoms with Crippen molar-refractivity contribution in [2.75, 3.05) is 5.32 Å². The molecular formula is C20H12F4N6O4S. The Bertz CT molecular complexity index is 1510. The topological polar surface area (TPSA) is 146 Å². The maximum absolute atomic E-state index is 13.5. The number of alkyl halides is 3. The Balaban J connectivity index is 1.98. The van der Waals surface area contributed by atoms with Gasteiger partial charge >= 0.3 is 11.9 Å². The Kier molecular flexibility index (Phi) is 5.72. The summed E-state index contributed by atoms with van der Waals surface area (Å²) in [6.45, 7) is 0. The van der Waals surface area contributed by atoms with Gasteiger partial charge in [0.15, 0.2) is 0 Å². The zero-order valence-electron chi connectivity index (χ0n) is 17.4. The van der Waals surface area contributed by atoms with Crippen molar-refractivity contribution in [2.24, 2.45) is 12.8 Å². The van der Waals surface area contributed by atoms with E-state index in [-0.39, 0.29) is 31.9 Å². The first-order valence-electron chi connectivity index (χ1n) is 9.46. The lowest BCUT2D eigenvalue weighted by Crippen LogP contribution is -2.18. The largest absolute Gasteiger partial charge is 0.433 e. The summed E-state index contributed by atoms with van der Waals surface area (Å²) in [5, 5.41) is 17.3. The lowest BCUT2D eigenvalue weighted by Gasteiger charge is -2.12. The van der Waals surface area contributed by atoms with E-state index in [9.17, 15) is 37.3 Å². The smallest absolute Gasteiger partial charge is 0.365 e. The van der Waals surface area contributed by atoms with Crippen LogP contribution < -0.4 is 11.1 Å². The maximum atomic E-state index is 13.5. The summed E-state index contributed by atoms with van der Waals surface area (Å²) < 4.78 is 55.1. The van der Waals surface area contributed by atoms with Crippen molar-refractivity contribution < 1.29 is 32.1 Å². The molecular weight excluding hydrogens is 496 g/mol. The van der Waals surface area contributed by atoms with E-state index in [1.807, 2.05) is 0 Å². The van der Waals surface area contributed by atoms with Crippen molar-refractivity contribution in [3.63, 3.8) is 0 Å². The fraction of sp³-hybridized carbons (Fsp3) is 0.100. The van der Waals surface area contributed by atoms with Crippen molar-refractivity contribution in [3.8, 4) is 11.1 Å². The highest BCUT2D eigenvalue weighted by Crippen LogP contribution is 2.43. The molecule has 180 valence electrons. The Hall–Kier alpha value is -4.40. The third-order valence-corrected chi connectivity index (χ3v) is 5.89. The summed E-state index contributed by atoms with van der Waals surface area (Å²) in [6, 6.07) is 5.14. The average Bonchev–Trinajstić information content (AvgIpc) is 3.34. The lowest BCUT2D eigenvalue weighted by molar-refractivity contribution is -0.385. The number of halogens is 4. The maximum Gasteiger partial charge on any atom is 0.433 e. The number of nitrogens with two attached hydrogens (primary N) is 1. The molecule has 0 radical (unpaired) electrons. The molecule has 0 saturated heterocycles. The number of pyridine rings is 1. The van der Waals surface area contributed by atoms with Gasteiger partial charge in [-0.1, -0.05) is 12.1 Å². The molecule has 35 heavy (non-hydrogen) atoms. The van der Waals surface area contributed by atoms with Crippen molar-refractivity contribution in [3.05, 3.63) is 68.7 Å². The molecule has 0 unspecified atom stereocenters. The molecule has 0 aliphatic carbocycles. The zero-order valence-corrected chi connectivity index (χ0v) is 18.2. The number of nitrogens with zero attached hydrogens (tertiary/aromatic N) is 4. The number of benzene rings is 1. The molecule has 0 bridgehead atoms. The predicted molar refractivity (Wildman–Crippen MR) is 116 cm³/mol. The van der Waals surface area contributed by atoms with Gasteiger partial charge in [0.05, 0.1) is 10.6 Å². The molecule has 3 heterocycles. The van der Waals surface area contributed by atoms with Crippen LogP contribution in [-0.2, 0) is 13.2 Å². The number of thiophene rings is 1. The lowest BCUT2D eigenvalue weighted by atomic mass is 10.0. The first-order valence-corrected chi connectivity index (χ1v) is 10.3. The van der Waals surface area contributed by atoms with Gasteiger partial charge in [-0.15, -0.1) is 11.3 Å². The predicted octanol–water partition coefficient (Wildman–Crippen LogP) is 4.11. The van der Waals surface area contributed by atoms with Crippen LogP contribution in [0.25, 0.3) is 21.3 Å². The number of aryl methyl sites for hydroxylation is 1. The van der Waals surface area contributed by atoms with Crippen LogP contribution in [0.2, 0.25) is 0 Å². The molecule has 0 aliphatic heterocycles. The number of hydrogen-bond acceptors (Lipinski definition) is 7. The van der Waals surface area contributed by atoms with E-state index >= 15 is 0 Å². The van der Waals surface area contributed by atoms with E-state index in [4.69, 9.17) is 5.73 Å². The molecule has 0 spiro atoms. The second-order valence-corrected chi connectivity index (χ2v) is 8.16. The van der Waals surface area contributed by atoms with E-state index in [2.05, 4.69) is 15.4 Å². The van der Waals surface area contributed by atoms with E-state index in [1.165, 1.54) is 19.2 Å². The van der Waals surface area contributed by atoms with Crippen molar-refractivity contribution in [1.29, 1.82) is 0 Å². The third-order valence-electron chi connectivity index (χ3n) is 4.79. The van der Waals surface area contributed by atoms with E-state index < -0.39 is 45.8 Å². The van der Waals surface area contributed by atoms with E-state index in [1.54, 1.807) is 0 Å². The van der Waals surface area contributed by atoms with Crippen molar-refractivity contribution in [2.45, 2.75) is 6.18 Å². The molecule has 0 aliphatic rings. The molecule has 4 rings (SSSR count). The van der Waals surface area contributed by atoms with Crippen LogP contribution in [0, 0.1) is 15.9 Å². The summed E-state index contributed by atoms with van der Waals surface area (Å²) in [5.41, 5.74) is 2.56. The van der Waals surface area contributed by atoms with Crippen LogP contribution in [0.1, 0.15) is 25.9 Å². The molecule has 0 atom stereocenters. The Labute approximate surface area is 196 Å². The zero-order chi connectivity index (χ0) is 25.7. The molecule has 3 N–H and O–H groups in total. The van der Waals surface area contributed by atoms with Gasteiger partial charge in [0.1, 0.15) is 27.4 Å². The van der Waals surface area contributed by atoms with Crippen LogP contribution in [0.3, 0.4) is 0 Å². The number of nitrogens with one attached hydrogen (secondary N) is 1. The average molecular weight is 508 g/mol. The van der Waals surface area contributed by atoms with Crippen LogP contribution in [-0.4, -0.2) is 31.5 Å². The minimum absolute atomic E-state index is 0.0876. The van der Waals surface area contributed by atoms with E-state index in [0.717, 1.165) is 23.0 Å². The molecule has 1 aromatic carbocycles. The Morgan fingerprint density at radius 2 is 1.89 bits per heavy atom. The van der Waals surface area contributed by atoms with Gasteiger partial charge in [-0.2, -0.15) is 18.3 Å². The highest BCUT2D eigenvalue weighted by molar-refractivity contribution is 7.21. The first-order chi connectivity index (χ1) is 16.4. The van der Waals surface area contributed by atoms with Gasteiger partial charge in [0, 0.05) is 12.4 Å². The van der Waals surface area contributed by atoms with Gasteiger partial charge < -0.3 is 11.1 Å². The second-order valence-electron chi connectivity index (χ2n) is 7.16. The number of nitro groups is 1. The van der Waals surface area contributed by atoms with Crippen LogP contribution in [0.4, 0.5) is 28.9 Å². The summed E-state index contributed by atoms with van der Waals surface area (Å²) >= 11 is 0.493. The molecule has 0 saturated carbocycles. The van der Waals surface area contributed by atoms with Gasteiger partial charge in [0.2, 0.25) is 5.69 Å². The summed E-state index contributed by atoms with van der Waals surface area (Å²) in [5.74, 6) is -2.84. The normalized spacial score (nSPS) is 11.6. The number of primary amides is 1. The minimum Gasteiger partial charge on any atom is -0.365 e. The van der Waals surface area contributed by atoms with E-state index in [0.29, 0.717) is 17.4 Å². The summed E-state index contributed by atoms with van der Waals surface area (Å²) in [6.07, 6.45) is -3.88. The molecule has 10 nitrogen and oxygen atoms in total. The van der Waals surface area contributed by atoms with Crippen molar-refractivity contribution in [1.82, 2.24) is 14.8 Å². The number of rotatable bonds is 5. The number of hydrogen-bond donors (Lipinski definition) is 2. The number of fused-ring (bicyclic) bond motifs is 1. The Morgan fingerprint density at radius 3 is 2.46 bits per heavy atom. The SMILES string of the molecule is Cn1cc([N+](=O)[O-])c(C(=O)Nc2c(C(N)=O)sc3nc(C(F)(F)F)cc(-c4ccc(F)cc4)c23)n1. The standard InChI is InChI=1S/C20H12F4N6O4S/c1-29-7-11(30(33)34)14(28-29)18(32)27-15-13-10(8-2-4-9(21)5-3-8)6-12(20(22,23)24)26-19(13)35-16(15)17(25)31/h2-7H,1H3,(H2,25,31)(H,27,32). The highest BCUT2D eigenvalue weighted by Gasteiger charge is 2.35. The highest BCUT2D eigenvalue weighted by atomic mass is 32.1. The number of carbonyl (C=O) groups excluding carboxylic acids is 2. The fourth-order valence-corrected chi connectivity index (χ4v) is 4.34. The van der Waals surface area contributed by atoms with Gasteiger partial charge in [-0.05, 0) is 29.3 Å².